The highest BCUT2D eigenvalue weighted by molar-refractivity contribution is 7.49. The van der Waals surface area contributed by atoms with Gasteiger partial charge in [0.15, 0.2) is 5.85 Å². The Hall–Kier alpha value is -4.44. The lowest BCUT2D eigenvalue weighted by Gasteiger charge is -2.27. The smallest absolute Gasteiger partial charge is 0.480 e. The van der Waals surface area contributed by atoms with E-state index in [1.807, 2.05) is 78.9 Å². The zero-order valence-corrected chi connectivity index (χ0v) is 26.6. The van der Waals surface area contributed by atoms with E-state index in [2.05, 4.69) is 13.8 Å². The molecule has 5 rings (SSSR count). The van der Waals surface area contributed by atoms with Gasteiger partial charge in [-0.3, -0.25) is 4.57 Å². The van der Waals surface area contributed by atoms with Gasteiger partial charge in [0.05, 0.1) is 0 Å². The van der Waals surface area contributed by atoms with Crippen LogP contribution in [0.2, 0.25) is 0 Å². The van der Waals surface area contributed by atoms with Gasteiger partial charge in [0.2, 0.25) is 0 Å². The molecule has 2 atom stereocenters. The van der Waals surface area contributed by atoms with Crippen molar-refractivity contribution in [2.24, 2.45) is 0 Å². The van der Waals surface area contributed by atoms with Crippen molar-refractivity contribution in [3.05, 3.63) is 151 Å². The average Bonchev–Trinajstić information content (AvgIpc) is 3.03. The predicted octanol–water partition coefficient (Wildman–Crippen LogP) is 9.94. The maximum Gasteiger partial charge on any atom is 0.647 e. The molecule has 0 radical (unpaired) electrons. The van der Waals surface area contributed by atoms with Crippen molar-refractivity contribution in [3.63, 3.8) is 0 Å². The fourth-order valence-corrected chi connectivity index (χ4v) is 6.41. The minimum absolute atomic E-state index is 0.334. The van der Waals surface area contributed by atoms with Gasteiger partial charge < -0.3 is 22.8 Å². The summed E-state index contributed by atoms with van der Waals surface area (Å²) in [5.41, 5.74) is 1.63. The second-order valence-corrected chi connectivity index (χ2v) is 13.6. The molecular weight excluding hydrogens is 594 g/mol. The van der Waals surface area contributed by atoms with E-state index in [4.69, 9.17) is 22.8 Å². The maximum absolute atomic E-state index is 13.8. The number of hydrogen-bond donors (Lipinski definition) is 0. The van der Waals surface area contributed by atoms with Crippen LogP contribution in [-0.4, -0.2) is 5.85 Å². The van der Waals surface area contributed by atoms with Gasteiger partial charge in [0.1, 0.15) is 28.7 Å². The highest BCUT2D eigenvalue weighted by Gasteiger charge is 2.33. The van der Waals surface area contributed by atoms with Crippen molar-refractivity contribution in [3.8, 4) is 28.7 Å². The molecule has 0 spiro atoms. The molecule has 0 bridgehead atoms. The lowest BCUT2D eigenvalue weighted by Crippen LogP contribution is -2.18. The molecule has 5 aromatic carbocycles. The van der Waals surface area contributed by atoms with E-state index in [0.717, 1.165) is 11.1 Å². The summed E-state index contributed by atoms with van der Waals surface area (Å²) >= 11 is 0. The molecule has 226 valence electrons. The van der Waals surface area contributed by atoms with Gasteiger partial charge in [-0.1, -0.05) is 92.7 Å². The molecule has 0 saturated carbocycles. The van der Waals surface area contributed by atoms with Crippen LogP contribution in [-0.2, 0) is 14.5 Å². The second-order valence-electron chi connectivity index (χ2n) is 10.5. The van der Waals surface area contributed by atoms with Crippen LogP contribution in [0.1, 0.15) is 31.9 Å². The van der Waals surface area contributed by atoms with E-state index in [0.29, 0.717) is 28.7 Å². The number of rotatable bonds is 13. The normalized spacial score (nSPS) is 12.9. The number of hydrogen-bond acceptors (Lipinski definition) is 7. The summed E-state index contributed by atoms with van der Waals surface area (Å²) in [6.07, 6.45) is 0. The largest absolute Gasteiger partial charge is 0.647 e. The molecule has 44 heavy (non-hydrogen) atoms. The number of para-hydroxylation sites is 3. The van der Waals surface area contributed by atoms with E-state index in [1.165, 1.54) is 0 Å². The average molecular weight is 629 g/mol. The van der Waals surface area contributed by atoms with Gasteiger partial charge in [-0.05, 0) is 78.7 Å². The van der Waals surface area contributed by atoms with Gasteiger partial charge >= 0.3 is 7.82 Å². The van der Waals surface area contributed by atoms with Crippen LogP contribution in [0.4, 0.5) is 0 Å². The second kappa shape index (κ2) is 13.9. The van der Waals surface area contributed by atoms with Gasteiger partial charge in [-0.2, -0.15) is 4.57 Å². The Morgan fingerprint density at radius 1 is 0.545 bits per heavy atom. The first-order valence-electron chi connectivity index (χ1n) is 14.1. The maximum atomic E-state index is 13.8. The number of ether oxygens (including phenoxy) is 1. The van der Waals surface area contributed by atoms with Crippen molar-refractivity contribution in [1.82, 2.24) is 0 Å². The van der Waals surface area contributed by atoms with Crippen molar-refractivity contribution in [2.75, 3.05) is 0 Å². The van der Waals surface area contributed by atoms with Gasteiger partial charge in [0, 0.05) is 5.41 Å². The zero-order valence-electron chi connectivity index (χ0n) is 24.7. The SMILES string of the molecule is CC(Oc1ccccc1)[PH](=O)Oc1ccc(C(C)(C)c2ccc(OP(=O)(Oc3ccccc3)Oc3ccccc3)cc2)cc1. The molecule has 0 aliphatic carbocycles. The van der Waals surface area contributed by atoms with Crippen LogP contribution in [0.3, 0.4) is 0 Å². The third-order valence-corrected chi connectivity index (χ3v) is 9.42. The first-order chi connectivity index (χ1) is 21.2. The molecule has 0 amide bonds. The Kier molecular flexibility index (Phi) is 9.79. The summed E-state index contributed by atoms with van der Waals surface area (Å²) in [4.78, 5) is 0. The fourth-order valence-electron chi connectivity index (χ4n) is 4.40. The molecule has 0 aliphatic heterocycles. The van der Waals surface area contributed by atoms with Gasteiger partial charge in [-0.25, -0.2) is 0 Å². The predicted molar refractivity (Wildman–Crippen MR) is 174 cm³/mol. The van der Waals surface area contributed by atoms with Crippen LogP contribution in [0.25, 0.3) is 0 Å². The zero-order chi connectivity index (χ0) is 31.0. The van der Waals surface area contributed by atoms with E-state index >= 15 is 0 Å². The van der Waals surface area contributed by atoms with Crippen LogP contribution >= 0.6 is 15.9 Å². The Labute approximate surface area is 258 Å². The standard InChI is InChI=1S/C35H34O7P2/c1-27(38-30-13-7-4-8-14-30)43(36)39-31-23-19-28(20-24-31)35(2,3)29-21-25-34(26-22-29)42-44(37,40-32-15-9-5-10-16-32)41-33-17-11-6-12-18-33/h4-27,43H,1-3H3. The van der Waals surface area contributed by atoms with Gasteiger partial charge in [-0.15, -0.1) is 0 Å². The molecule has 0 heterocycles. The summed E-state index contributed by atoms with van der Waals surface area (Å²) in [5.74, 6) is 1.63. The van der Waals surface area contributed by atoms with Crippen LogP contribution in [0.5, 0.6) is 28.7 Å². The Morgan fingerprint density at radius 3 is 1.34 bits per heavy atom. The molecule has 0 N–H and O–H groups in total. The molecular formula is C35H34O7P2. The molecule has 7 nitrogen and oxygen atoms in total. The topological polar surface area (TPSA) is 80.3 Å². The molecule has 2 unspecified atom stereocenters. The van der Waals surface area contributed by atoms with Crippen molar-refractivity contribution in [2.45, 2.75) is 32.0 Å². The van der Waals surface area contributed by atoms with Crippen molar-refractivity contribution >= 4 is 15.9 Å². The lowest BCUT2D eigenvalue weighted by atomic mass is 9.78. The monoisotopic (exact) mass is 628 g/mol. The summed E-state index contributed by atoms with van der Waals surface area (Å²) in [6, 6.07) is 41.6. The lowest BCUT2D eigenvalue weighted by molar-refractivity contribution is 0.281. The molecule has 0 aromatic heterocycles. The Bertz CT molecular complexity index is 1650. The van der Waals surface area contributed by atoms with E-state index in [1.54, 1.807) is 67.6 Å². The fraction of sp³-hybridized carbons (Fsp3) is 0.143. The van der Waals surface area contributed by atoms with E-state index in [9.17, 15) is 9.13 Å². The third-order valence-electron chi connectivity index (χ3n) is 6.90. The van der Waals surface area contributed by atoms with E-state index in [-0.39, 0.29) is 0 Å². The molecule has 0 aliphatic rings. The Balaban J connectivity index is 1.26. The molecule has 0 fully saturated rings. The molecule has 5 aromatic rings. The highest BCUT2D eigenvalue weighted by Crippen LogP contribution is 2.50. The Morgan fingerprint density at radius 2 is 0.909 bits per heavy atom. The number of benzene rings is 5. The minimum Gasteiger partial charge on any atom is -0.480 e. The third kappa shape index (κ3) is 8.13. The van der Waals surface area contributed by atoms with E-state index < -0.39 is 27.1 Å². The van der Waals surface area contributed by atoms with Crippen LogP contribution in [0, 0.1) is 0 Å². The summed E-state index contributed by atoms with van der Waals surface area (Å²) in [6.45, 7) is 5.93. The van der Waals surface area contributed by atoms with Crippen LogP contribution < -0.4 is 22.8 Å². The van der Waals surface area contributed by atoms with Crippen molar-refractivity contribution in [1.29, 1.82) is 0 Å². The summed E-state index contributed by atoms with van der Waals surface area (Å²) < 4.78 is 55.3. The van der Waals surface area contributed by atoms with Gasteiger partial charge in [0.25, 0.3) is 8.03 Å². The summed E-state index contributed by atoms with van der Waals surface area (Å²) in [5, 5.41) is 0. The quantitative estimate of drug-likeness (QED) is 0.120. The first-order valence-corrected chi connectivity index (χ1v) is 17.0. The molecule has 9 heteroatoms. The molecule has 0 saturated heterocycles. The number of phosphoric ester groups is 1. The minimum atomic E-state index is -4.09. The number of phosphoric acid groups is 1. The summed E-state index contributed by atoms with van der Waals surface area (Å²) in [7, 11) is -6.59. The highest BCUT2D eigenvalue weighted by atomic mass is 31.2. The van der Waals surface area contributed by atoms with Crippen molar-refractivity contribution < 1.29 is 32.0 Å². The first kappa shape index (κ1) is 31.0. The van der Waals surface area contributed by atoms with Crippen LogP contribution in [0.15, 0.2) is 140 Å².